The van der Waals surface area contributed by atoms with E-state index in [2.05, 4.69) is 32.5 Å². The summed E-state index contributed by atoms with van der Waals surface area (Å²) in [6.45, 7) is 5.28. The number of aromatic nitrogens is 2. The predicted molar refractivity (Wildman–Crippen MR) is 101 cm³/mol. The van der Waals surface area contributed by atoms with Crippen molar-refractivity contribution in [3.05, 3.63) is 57.9 Å². The highest BCUT2D eigenvalue weighted by molar-refractivity contribution is 7.11. The molecule has 1 aromatic carbocycles. The highest BCUT2D eigenvalue weighted by Gasteiger charge is 2.07. The number of rotatable bonds is 5. The number of nitrogens with one attached hydrogen (secondary N) is 2. The maximum Gasteiger partial charge on any atom is 0.226 e. The molecule has 0 fully saturated rings. The van der Waals surface area contributed by atoms with Crippen molar-refractivity contribution in [2.24, 2.45) is 4.99 Å². The van der Waals surface area contributed by atoms with Gasteiger partial charge in [0.2, 0.25) is 5.89 Å². The zero-order valence-corrected chi connectivity index (χ0v) is 15.4. The molecular weight excluding hydrogens is 334 g/mol. The summed E-state index contributed by atoms with van der Waals surface area (Å²) in [7, 11) is 1.74. The summed E-state index contributed by atoms with van der Waals surface area (Å²) in [5.41, 5.74) is 3.00. The third kappa shape index (κ3) is 4.67. The Labute approximate surface area is 151 Å². The van der Waals surface area contributed by atoms with Crippen LogP contribution in [0.15, 0.2) is 46.1 Å². The second-order valence-corrected chi connectivity index (χ2v) is 6.97. The van der Waals surface area contributed by atoms with Gasteiger partial charge in [0.15, 0.2) is 5.96 Å². The molecule has 25 heavy (non-hydrogen) atoms. The summed E-state index contributed by atoms with van der Waals surface area (Å²) in [5.74, 6) is 1.32. The van der Waals surface area contributed by atoms with Gasteiger partial charge >= 0.3 is 0 Å². The lowest BCUT2D eigenvalue weighted by atomic mass is 10.1. The zero-order valence-electron chi connectivity index (χ0n) is 14.5. The maximum atomic E-state index is 5.57. The molecule has 0 spiro atoms. The summed E-state index contributed by atoms with van der Waals surface area (Å²) >= 11 is 1.67. The van der Waals surface area contributed by atoms with Crippen LogP contribution in [0.25, 0.3) is 11.5 Å². The molecule has 0 aliphatic rings. The minimum atomic E-state index is 0.534. The lowest BCUT2D eigenvalue weighted by Crippen LogP contribution is -2.36. The van der Waals surface area contributed by atoms with Crippen LogP contribution in [0.2, 0.25) is 0 Å². The predicted octanol–water partition coefficient (Wildman–Crippen LogP) is 3.28. The van der Waals surface area contributed by atoms with Crippen LogP contribution < -0.4 is 10.6 Å². The van der Waals surface area contributed by atoms with Crippen molar-refractivity contribution in [1.82, 2.24) is 20.6 Å². The van der Waals surface area contributed by atoms with Crippen molar-refractivity contribution in [2.45, 2.75) is 26.9 Å². The molecule has 130 valence electrons. The summed E-state index contributed by atoms with van der Waals surface area (Å²) < 4.78 is 5.57. The number of benzene rings is 1. The molecule has 2 N–H and O–H groups in total. The summed E-state index contributed by atoms with van der Waals surface area (Å²) in [4.78, 5) is 14.3. The minimum Gasteiger partial charge on any atom is -0.444 e. The van der Waals surface area contributed by atoms with Crippen LogP contribution in [0, 0.1) is 13.8 Å². The molecule has 0 aliphatic carbocycles. The van der Waals surface area contributed by atoms with Gasteiger partial charge in [-0.15, -0.1) is 11.3 Å². The van der Waals surface area contributed by atoms with Gasteiger partial charge in [-0.05, 0) is 26.0 Å². The SMILES string of the molecule is CN=C(NCc1coc(-c2ccc(C)cc2)n1)NCc1ncc(C)s1. The van der Waals surface area contributed by atoms with E-state index in [1.807, 2.05) is 37.4 Å². The van der Waals surface area contributed by atoms with E-state index in [1.54, 1.807) is 24.6 Å². The van der Waals surface area contributed by atoms with Crippen LogP contribution in [0.3, 0.4) is 0 Å². The molecule has 3 rings (SSSR count). The van der Waals surface area contributed by atoms with Gasteiger partial charge in [0, 0.05) is 23.7 Å². The average molecular weight is 355 g/mol. The van der Waals surface area contributed by atoms with E-state index in [-0.39, 0.29) is 0 Å². The van der Waals surface area contributed by atoms with Gasteiger partial charge in [-0.25, -0.2) is 9.97 Å². The summed E-state index contributed by atoms with van der Waals surface area (Å²) in [6, 6.07) is 8.11. The van der Waals surface area contributed by atoms with Gasteiger partial charge in [0.1, 0.15) is 11.3 Å². The molecular formula is C18H21N5OS. The van der Waals surface area contributed by atoms with Crippen LogP contribution in [-0.2, 0) is 13.1 Å². The third-order valence-corrected chi connectivity index (χ3v) is 4.50. The lowest BCUT2D eigenvalue weighted by Gasteiger charge is -2.09. The van der Waals surface area contributed by atoms with E-state index in [1.165, 1.54) is 10.4 Å². The number of aryl methyl sites for hydroxylation is 2. The summed E-state index contributed by atoms with van der Waals surface area (Å²) in [5, 5.41) is 7.50. The van der Waals surface area contributed by atoms with Gasteiger partial charge in [0.05, 0.1) is 18.8 Å². The van der Waals surface area contributed by atoms with Crippen molar-refractivity contribution in [3.63, 3.8) is 0 Å². The van der Waals surface area contributed by atoms with Crippen molar-refractivity contribution < 1.29 is 4.42 Å². The number of nitrogens with zero attached hydrogens (tertiary/aromatic N) is 3. The van der Waals surface area contributed by atoms with Crippen LogP contribution in [-0.4, -0.2) is 23.0 Å². The largest absolute Gasteiger partial charge is 0.444 e. The first-order valence-corrected chi connectivity index (χ1v) is 8.83. The molecule has 2 aromatic heterocycles. The van der Waals surface area contributed by atoms with Crippen LogP contribution in [0.4, 0.5) is 0 Å². The Balaban J connectivity index is 1.54. The molecule has 0 bridgehead atoms. The molecule has 0 aliphatic heterocycles. The molecule has 0 radical (unpaired) electrons. The Morgan fingerprint density at radius 1 is 1.16 bits per heavy atom. The number of guanidine groups is 1. The monoisotopic (exact) mass is 355 g/mol. The fourth-order valence-electron chi connectivity index (χ4n) is 2.25. The van der Waals surface area contributed by atoms with Gasteiger partial charge in [0.25, 0.3) is 0 Å². The fourth-order valence-corrected chi connectivity index (χ4v) is 2.98. The highest BCUT2D eigenvalue weighted by atomic mass is 32.1. The topological polar surface area (TPSA) is 75.3 Å². The number of thiazole rings is 1. The lowest BCUT2D eigenvalue weighted by molar-refractivity contribution is 0.572. The van der Waals surface area contributed by atoms with Crippen molar-refractivity contribution in [2.75, 3.05) is 7.05 Å². The standard InChI is InChI=1S/C18H21N5OS/c1-12-4-6-14(7-5-12)17-23-15(11-24-17)9-21-18(19-3)22-10-16-20-8-13(2)25-16/h4-8,11H,9-10H2,1-3H3,(H2,19,21,22). The van der Waals surface area contributed by atoms with Crippen LogP contribution in [0.1, 0.15) is 21.1 Å². The highest BCUT2D eigenvalue weighted by Crippen LogP contribution is 2.19. The number of aliphatic imine (C=N–C) groups is 1. The van der Waals surface area contributed by atoms with E-state index in [0.717, 1.165) is 16.3 Å². The Kier molecular flexibility index (Phi) is 5.45. The van der Waals surface area contributed by atoms with E-state index >= 15 is 0 Å². The van der Waals surface area contributed by atoms with E-state index in [9.17, 15) is 0 Å². The average Bonchev–Trinajstić information content (AvgIpc) is 3.25. The fraction of sp³-hybridized carbons (Fsp3) is 0.278. The van der Waals surface area contributed by atoms with E-state index < -0.39 is 0 Å². The minimum absolute atomic E-state index is 0.534. The number of hydrogen-bond acceptors (Lipinski definition) is 5. The molecule has 0 saturated heterocycles. The van der Waals surface area contributed by atoms with Gasteiger partial charge in [-0.3, -0.25) is 4.99 Å². The van der Waals surface area contributed by atoms with Gasteiger partial charge in [-0.2, -0.15) is 0 Å². The second kappa shape index (κ2) is 7.94. The number of oxazole rings is 1. The second-order valence-electron chi connectivity index (χ2n) is 5.65. The molecule has 0 unspecified atom stereocenters. The Morgan fingerprint density at radius 2 is 1.92 bits per heavy atom. The molecule has 0 amide bonds. The van der Waals surface area contributed by atoms with Crippen molar-refractivity contribution in [1.29, 1.82) is 0 Å². The zero-order chi connectivity index (χ0) is 17.6. The molecule has 7 heteroatoms. The normalized spacial score (nSPS) is 11.6. The smallest absolute Gasteiger partial charge is 0.226 e. The molecule has 0 atom stereocenters. The molecule has 3 aromatic rings. The maximum absolute atomic E-state index is 5.57. The Bertz CT molecular complexity index is 850. The summed E-state index contributed by atoms with van der Waals surface area (Å²) in [6.07, 6.45) is 3.54. The third-order valence-electron chi connectivity index (χ3n) is 3.59. The number of hydrogen-bond donors (Lipinski definition) is 2. The molecule has 2 heterocycles. The van der Waals surface area contributed by atoms with Crippen molar-refractivity contribution in [3.8, 4) is 11.5 Å². The Morgan fingerprint density at radius 3 is 2.60 bits per heavy atom. The van der Waals surface area contributed by atoms with Crippen LogP contribution in [0.5, 0.6) is 0 Å². The first-order chi connectivity index (χ1) is 12.1. The van der Waals surface area contributed by atoms with E-state index in [0.29, 0.717) is 24.9 Å². The quantitative estimate of drug-likeness (QED) is 0.543. The first-order valence-electron chi connectivity index (χ1n) is 8.01. The molecule has 0 saturated carbocycles. The van der Waals surface area contributed by atoms with E-state index in [4.69, 9.17) is 4.42 Å². The van der Waals surface area contributed by atoms with Crippen molar-refractivity contribution >= 4 is 17.3 Å². The first kappa shape index (κ1) is 17.2. The molecule has 6 nitrogen and oxygen atoms in total. The Hall–Kier alpha value is -2.67. The van der Waals surface area contributed by atoms with Crippen LogP contribution >= 0.6 is 11.3 Å². The van der Waals surface area contributed by atoms with Gasteiger partial charge < -0.3 is 15.1 Å². The van der Waals surface area contributed by atoms with Gasteiger partial charge in [-0.1, -0.05) is 17.7 Å².